The Morgan fingerprint density at radius 1 is 1.18 bits per heavy atom. The zero-order valence-corrected chi connectivity index (χ0v) is 11.2. The average Bonchev–Trinajstić information content (AvgIpc) is 2.74. The van der Waals surface area contributed by atoms with Crippen molar-refractivity contribution < 1.29 is 4.79 Å². The van der Waals surface area contributed by atoms with Crippen LogP contribution in [-0.4, -0.2) is 29.9 Å². The number of nitrogens with two attached hydrogens (primary N) is 1. The summed E-state index contributed by atoms with van der Waals surface area (Å²) in [6, 6.07) is 0.116. The number of hydrogen-bond donors (Lipinski definition) is 1. The molecule has 3 nitrogen and oxygen atoms in total. The summed E-state index contributed by atoms with van der Waals surface area (Å²) in [6.07, 6.45) is 5.50. The quantitative estimate of drug-likeness (QED) is 0.800. The van der Waals surface area contributed by atoms with Crippen molar-refractivity contribution >= 4 is 5.91 Å². The standard InChI is InChI=1S/C14H26N2O/c1-10(2)11-6-8-16(9-7-11)14(17)12-4-3-5-13(12)15/h10-13H,3-9,15H2,1-2H3/t12-,13+/m1/s1. The SMILES string of the molecule is CC(C)C1CCN(C(=O)[C@@H]2CCC[C@@H]2N)CC1. The lowest BCUT2D eigenvalue weighted by molar-refractivity contribution is -0.137. The maximum Gasteiger partial charge on any atom is 0.227 e. The van der Waals surface area contributed by atoms with E-state index in [4.69, 9.17) is 5.73 Å². The van der Waals surface area contributed by atoms with Crippen LogP contribution < -0.4 is 5.73 Å². The van der Waals surface area contributed by atoms with E-state index >= 15 is 0 Å². The van der Waals surface area contributed by atoms with Gasteiger partial charge in [0.2, 0.25) is 5.91 Å². The van der Waals surface area contributed by atoms with Gasteiger partial charge in [-0.15, -0.1) is 0 Å². The van der Waals surface area contributed by atoms with Crippen LogP contribution in [0.2, 0.25) is 0 Å². The van der Waals surface area contributed by atoms with Gasteiger partial charge < -0.3 is 10.6 Å². The highest BCUT2D eigenvalue weighted by atomic mass is 16.2. The van der Waals surface area contributed by atoms with Gasteiger partial charge in [0.25, 0.3) is 0 Å². The first-order chi connectivity index (χ1) is 8.09. The number of carbonyl (C=O) groups is 1. The monoisotopic (exact) mass is 238 g/mol. The summed E-state index contributed by atoms with van der Waals surface area (Å²) in [5.74, 6) is 2.00. The molecule has 1 amide bonds. The van der Waals surface area contributed by atoms with E-state index in [1.807, 2.05) is 0 Å². The number of piperidine rings is 1. The van der Waals surface area contributed by atoms with E-state index in [1.54, 1.807) is 0 Å². The average molecular weight is 238 g/mol. The van der Waals surface area contributed by atoms with Crippen molar-refractivity contribution in [3.8, 4) is 0 Å². The molecule has 2 fully saturated rings. The highest BCUT2D eigenvalue weighted by molar-refractivity contribution is 5.80. The topological polar surface area (TPSA) is 46.3 Å². The van der Waals surface area contributed by atoms with Gasteiger partial charge in [-0.1, -0.05) is 20.3 Å². The van der Waals surface area contributed by atoms with Crippen LogP contribution in [0.3, 0.4) is 0 Å². The molecule has 1 heterocycles. The molecular formula is C14H26N2O. The molecule has 1 aliphatic carbocycles. The lowest BCUT2D eigenvalue weighted by Crippen LogP contribution is -2.45. The molecule has 2 atom stereocenters. The number of rotatable bonds is 2. The molecule has 3 heteroatoms. The Morgan fingerprint density at radius 3 is 2.29 bits per heavy atom. The fraction of sp³-hybridized carbons (Fsp3) is 0.929. The minimum absolute atomic E-state index is 0.116. The lowest BCUT2D eigenvalue weighted by atomic mass is 9.86. The van der Waals surface area contributed by atoms with Gasteiger partial charge in [-0.2, -0.15) is 0 Å². The van der Waals surface area contributed by atoms with Crippen molar-refractivity contribution in [1.82, 2.24) is 4.90 Å². The minimum Gasteiger partial charge on any atom is -0.342 e. The van der Waals surface area contributed by atoms with Crippen LogP contribution in [0.15, 0.2) is 0 Å². The van der Waals surface area contributed by atoms with Crippen molar-refractivity contribution in [1.29, 1.82) is 0 Å². The van der Waals surface area contributed by atoms with Gasteiger partial charge in [0.05, 0.1) is 5.92 Å². The highest BCUT2D eigenvalue weighted by Crippen LogP contribution is 2.29. The number of amides is 1. The van der Waals surface area contributed by atoms with Crippen LogP contribution in [0.5, 0.6) is 0 Å². The molecule has 0 unspecified atom stereocenters. The number of likely N-dealkylation sites (tertiary alicyclic amines) is 1. The second kappa shape index (κ2) is 5.38. The molecular weight excluding hydrogens is 212 g/mol. The third kappa shape index (κ3) is 2.82. The van der Waals surface area contributed by atoms with Crippen molar-refractivity contribution in [2.24, 2.45) is 23.5 Å². The molecule has 1 saturated carbocycles. The minimum atomic E-state index is 0.116. The Labute approximate surface area is 105 Å². The smallest absolute Gasteiger partial charge is 0.227 e. The third-order valence-corrected chi connectivity index (χ3v) is 4.68. The summed E-state index contributed by atoms with van der Waals surface area (Å²) in [5.41, 5.74) is 6.01. The van der Waals surface area contributed by atoms with Gasteiger partial charge in [-0.25, -0.2) is 0 Å². The summed E-state index contributed by atoms with van der Waals surface area (Å²) in [4.78, 5) is 14.4. The Morgan fingerprint density at radius 2 is 1.82 bits per heavy atom. The predicted molar refractivity (Wildman–Crippen MR) is 69.5 cm³/mol. The molecule has 0 spiro atoms. The summed E-state index contributed by atoms with van der Waals surface area (Å²) in [7, 11) is 0. The number of nitrogens with zero attached hydrogens (tertiary/aromatic N) is 1. The predicted octanol–water partition coefficient (Wildman–Crippen LogP) is 2.01. The largest absolute Gasteiger partial charge is 0.342 e. The van der Waals surface area contributed by atoms with Crippen LogP contribution in [0.4, 0.5) is 0 Å². The van der Waals surface area contributed by atoms with Gasteiger partial charge >= 0.3 is 0 Å². The van der Waals surface area contributed by atoms with E-state index in [9.17, 15) is 4.79 Å². The second-order valence-corrected chi connectivity index (χ2v) is 6.11. The highest BCUT2D eigenvalue weighted by Gasteiger charge is 2.34. The first kappa shape index (κ1) is 12.9. The van der Waals surface area contributed by atoms with E-state index in [1.165, 1.54) is 12.8 Å². The Hall–Kier alpha value is -0.570. The molecule has 2 aliphatic rings. The van der Waals surface area contributed by atoms with Crippen molar-refractivity contribution in [2.45, 2.75) is 52.0 Å². The van der Waals surface area contributed by atoms with E-state index < -0.39 is 0 Å². The first-order valence-electron chi connectivity index (χ1n) is 7.14. The van der Waals surface area contributed by atoms with Gasteiger partial charge in [0.1, 0.15) is 0 Å². The Bertz CT molecular complexity index is 269. The molecule has 17 heavy (non-hydrogen) atoms. The van der Waals surface area contributed by atoms with Crippen molar-refractivity contribution in [3.63, 3.8) is 0 Å². The van der Waals surface area contributed by atoms with Gasteiger partial charge in [0.15, 0.2) is 0 Å². The zero-order chi connectivity index (χ0) is 12.4. The lowest BCUT2D eigenvalue weighted by Gasteiger charge is -2.35. The molecule has 0 aromatic carbocycles. The van der Waals surface area contributed by atoms with Crippen molar-refractivity contribution in [3.05, 3.63) is 0 Å². The zero-order valence-electron chi connectivity index (χ0n) is 11.2. The second-order valence-electron chi connectivity index (χ2n) is 6.11. The molecule has 98 valence electrons. The Balaban J connectivity index is 1.86. The fourth-order valence-electron chi connectivity index (χ4n) is 3.32. The van der Waals surface area contributed by atoms with Crippen LogP contribution in [0, 0.1) is 17.8 Å². The van der Waals surface area contributed by atoms with Crippen molar-refractivity contribution in [2.75, 3.05) is 13.1 Å². The Kier molecular flexibility index (Phi) is 4.08. The van der Waals surface area contributed by atoms with Crippen LogP contribution >= 0.6 is 0 Å². The van der Waals surface area contributed by atoms with Crippen LogP contribution in [0.1, 0.15) is 46.0 Å². The third-order valence-electron chi connectivity index (χ3n) is 4.68. The van der Waals surface area contributed by atoms with Gasteiger partial charge in [-0.3, -0.25) is 4.79 Å². The molecule has 0 bridgehead atoms. The number of carbonyl (C=O) groups excluding carboxylic acids is 1. The van der Waals surface area contributed by atoms with E-state index in [0.29, 0.717) is 5.91 Å². The molecule has 2 rings (SSSR count). The first-order valence-corrected chi connectivity index (χ1v) is 7.14. The summed E-state index contributed by atoms with van der Waals surface area (Å²) in [6.45, 7) is 6.47. The van der Waals surface area contributed by atoms with Crippen LogP contribution in [0.25, 0.3) is 0 Å². The maximum absolute atomic E-state index is 12.3. The van der Waals surface area contributed by atoms with Gasteiger partial charge in [-0.05, 0) is 37.5 Å². The fourth-order valence-corrected chi connectivity index (χ4v) is 3.32. The summed E-state index contributed by atoms with van der Waals surface area (Å²) >= 11 is 0. The molecule has 1 aliphatic heterocycles. The summed E-state index contributed by atoms with van der Waals surface area (Å²) in [5, 5.41) is 0. The molecule has 0 aromatic heterocycles. The molecule has 1 saturated heterocycles. The number of hydrogen-bond acceptors (Lipinski definition) is 2. The van der Waals surface area contributed by atoms with E-state index in [-0.39, 0.29) is 12.0 Å². The summed E-state index contributed by atoms with van der Waals surface area (Å²) < 4.78 is 0. The molecule has 0 radical (unpaired) electrons. The normalized spacial score (nSPS) is 31.2. The van der Waals surface area contributed by atoms with E-state index in [2.05, 4.69) is 18.7 Å². The maximum atomic E-state index is 12.3. The van der Waals surface area contributed by atoms with E-state index in [0.717, 1.165) is 44.2 Å². The van der Waals surface area contributed by atoms with Crippen LogP contribution in [-0.2, 0) is 4.79 Å². The molecule has 2 N–H and O–H groups in total. The molecule has 0 aromatic rings. The van der Waals surface area contributed by atoms with Gasteiger partial charge in [0, 0.05) is 19.1 Å².